The summed E-state index contributed by atoms with van der Waals surface area (Å²) < 4.78 is 0. The predicted molar refractivity (Wildman–Crippen MR) is 87.9 cm³/mol. The SMILES string of the molecule is CC(=O)O.CCCCCCCCN1C=CN(C)C1.CCO. The third-order valence-electron chi connectivity index (χ3n) is 2.74. The van der Waals surface area contributed by atoms with Crippen molar-refractivity contribution in [2.75, 3.05) is 26.9 Å². The molecule has 1 rings (SSSR count). The van der Waals surface area contributed by atoms with Gasteiger partial charge in [-0.25, -0.2) is 0 Å². The summed E-state index contributed by atoms with van der Waals surface area (Å²) in [4.78, 5) is 13.6. The molecule has 0 spiro atoms. The predicted octanol–water partition coefficient (Wildman–Crippen LogP) is 3.11. The van der Waals surface area contributed by atoms with Gasteiger partial charge >= 0.3 is 0 Å². The number of aliphatic hydroxyl groups is 1. The maximum absolute atomic E-state index is 9.00. The van der Waals surface area contributed by atoms with Gasteiger partial charge in [0.25, 0.3) is 5.97 Å². The van der Waals surface area contributed by atoms with E-state index in [1.807, 2.05) is 0 Å². The number of unbranched alkanes of at least 4 members (excludes halogenated alkanes) is 5. The van der Waals surface area contributed by atoms with Crippen molar-refractivity contribution in [2.45, 2.75) is 59.3 Å². The van der Waals surface area contributed by atoms with Crippen LogP contribution in [-0.2, 0) is 4.79 Å². The maximum atomic E-state index is 9.00. The highest BCUT2D eigenvalue weighted by atomic mass is 16.4. The largest absolute Gasteiger partial charge is 0.481 e. The highest BCUT2D eigenvalue weighted by Crippen LogP contribution is 2.08. The first-order chi connectivity index (χ1) is 9.97. The second-order valence-electron chi connectivity index (χ2n) is 5.11. The Morgan fingerprint density at radius 2 is 1.57 bits per heavy atom. The third kappa shape index (κ3) is 21.2. The second kappa shape index (κ2) is 16.8. The van der Waals surface area contributed by atoms with Crippen LogP contribution >= 0.6 is 0 Å². The fourth-order valence-electron chi connectivity index (χ4n) is 1.83. The van der Waals surface area contributed by atoms with Gasteiger partial charge in [0.1, 0.15) is 0 Å². The molecule has 0 radical (unpaired) electrons. The standard InChI is InChI=1S/C12H24N2.C2H4O2.C2H6O/c1-3-4-5-6-7-8-9-14-11-10-13(2)12-14;1-2(3)4;1-2-3/h10-11H,3-9,12H2,1-2H3;1H3,(H,3,4);3H,2H2,1H3. The Morgan fingerprint density at radius 1 is 1.10 bits per heavy atom. The topological polar surface area (TPSA) is 64.0 Å². The van der Waals surface area contributed by atoms with Crippen LogP contribution < -0.4 is 0 Å². The fraction of sp³-hybridized carbons (Fsp3) is 0.812. The molecule has 21 heavy (non-hydrogen) atoms. The number of carboxylic acids is 1. The number of rotatable bonds is 7. The molecule has 5 heteroatoms. The van der Waals surface area contributed by atoms with E-state index >= 15 is 0 Å². The van der Waals surface area contributed by atoms with Gasteiger partial charge in [-0.1, -0.05) is 39.0 Å². The first-order valence-corrected chi connectivity index (χ1v) is 7.90. The van der Waals surface area contributed by atoms with Crippen molar-refractivity contribution in [1.82, 2.24) is 9.80 Å². The van der Waals surface area contributed by atoms with Crippen molar-refractivity contribution in [1.29, 1.82) is 0 Å². The lowest BCUT2D eigenvalue weighted by Gasteiger charge is -2.17. The van der Waals surface area contributed by atoms with Crippen molar-refractivity contribution >= 4 is 5.97 Å². The Labute approximate surface area is 130 Å². The summed E-state index contributed by atoms with van der Waals surface area (Å²) in [7, 11) is 2.12. The molecule has 2 N–H and O–H groups in total. The Kier molecular flexibility index (Phi) is 17.7. The van der Waals surface area contributed by atoms with Crippen LogP contribution in [0.1, 0.15) is 59.3 Å². The van der Waals surface area contributed by atoms with Crippen LogP contribution in [-0.4, -0.2) is 52.9 Å². The van der Waals surface area contributed by atoms with Gasteiger partial charge in [-0.15, -0.1) is 0 Å². The third-order valence-corrected chi connectivity index (χ3v) is 2.74. The van der Waals surface area contributed by atoms with Gasteiger partial charge in [-0.2, -0.15) is 0 Å². The first kappa shape index (κ1) is 22.1. The summed E-state index contributed by atoms with van der Waals surface area (Å²) in [6.45, 7) is 7.59. The van der Waals surface area contributed by atoms with E-state index in [9.17, 15) is 0 Å². The average Bonchev–Trinajstić information content (AvgIpc) is 2.80. The summed E-state index contributed by atoms with van der Waals surface area (Å²) in [6, 6.07) is 0. The Balaban J connectivity index is 0. The summed E-state index contributed by atoms with van der Waals surface area (Å²) >= 11 is 0. The van der Waals surface area contributed by atoms with Crippen molar-refractivity contribution in [3.8, 4) is 0 Å². The van der Waals surface area contributed by atoms with Crippen LogP contribution in [0.3, 0.4) is 0 Å². The number of hydrogen-bond acceptors (Lipinski definition) is 4. The zero-order chi connectivity index (χ0) is 16.5. The van der Waals surface area contributed by atoms with Crippen LogP contribution in [0, 0.1) is 0 Å². The maximum Gasteiger partial charge on any atom is 0.300 e. The van der Waals surface area contributed by atoms with E-state index in [0.29, 0.717) is 0 Å². The van der Waals surface area contributed by atoms with Gasteiger partial charge < -0.3 is 20.0 Å². The van der Waals surface area contributed by atoms with Gasteiger partial charge in [0, 0.05) is 39.5 Å². The molecule has 0 bridgehead atoms. The minimum Gasteiger partial charge on any atom is -0.481 e. The van der Waals surface area contributed by atoms with Crippen LogP contribution in [0.4, 0.5) is 0 Å². The number of nitrogens with zero attached hydrogens (tertiary/aromatic N) is 2. The normalized spacial score (nSPS) is 12.4. The minimum absolute atomic E-state index is 0.250. The molecule has 0 saturated carbocycles. The van der Waals surface area contributed by atoms with Crippen LogP contribution in [0.15, 0.2) is 12.4 Å². The summed E-state index contributed by atoms with van der Waals surface area (Å²) in [5, 5.41) is 15.0. The molecule has 0 atom stereocenters. The van der Waals surface area contributed by atoms with Crippen molar-refractivity contribution < 1.29 is 15.0 Å². The molecule has 5 nitrogen and oxygen atoms in total. The summed E-state index contributed by atoms with van der Waals surface area (Å²) in [5.41, 5.74) is 0. The molecule has 126 valence electrons. The van der Waals surface area contributed by atoms with Crippen LogP contribution in [0.5, 0.6) is 0 Å². The van der Waals surface area contributed by atoms with E-state index in [4.69, 9.17) is 15.0 Å². The van der Waals surface area contributed by atoms with Crippen molar-refractivity contribution in [2.24, 2.45) is 0 Å². The molecule has 0 aromatic rings. The molecule has 0 saturated heterocycles. The lowest BCUT2D eigenvalue weighted by atomic mass is 10.1. The summed E-state index contributed by atoms with van der Waals surface area (Å²) in [6.07, 6.45) is 12.7. The quantitative estimate of drug-likeness (QED) is 0.707. The second-order valence-corrected chi connectivity index (χ2v) is 5.11. The van der Waals surface area contributed by atoms with Gasteiger partial charge in [0.15, 0.2) is 0 Å². The number of aliphatic hydroxyl groups excluding tert-OH is 1. The minimum atomic E-state index is -0.833. The molecule has 1 aliphatic heterocycles. The highest BCUT2D eigenvalue weighted by Gasteiger charge is 2.06. The molecule has 0 aliphatic carbocycles. The highest BCUT2D eigenvalue weighted by molar-refractivity contribution is 5.62. The van der Waals surface area contributed by atoms with E-state index in [0.717, 1.165) is 13.6 Å². The number of hydrogen-bond donors (Lipinski definition) is 2. The van der Waals surface area contributed by atoms with Crippen LogP contribution in [0.2, 0.25) is 0 Å². The fourth-order valence-corrected chi connectivity index (χ4v) is 1.83. The molecule has 1 aliphatic rings. The molecule has 0 fully saturated rings. The van der Waals surface area contributed by atoms with Gasteiger partial charge in [-0.3, -0.25) is 4.79 Å². The number of carboxylic acid groups (broad SMARTS) is 1. The monoisotopic (exact) mass is 302 g/mol. The molecule has 0 unspecified atom stereocenters. The Morgan fingerprint density at radius 3 is 2.00 bits per heavy atom. The zero-order valence-electron chi connectivity index (χ0n) is 14.2. The lowest BCUT2D eigenvalue weighted by Crippen LogP contribution is -2.23. The number of carbonyl (C=O) groups is 1. The van der Waals surface area contributed by atoms with Gasteiger partial charge in [0.05, 0.1) is 6.67 Å². The van der Waals surface area contributed by atoms with Gasteiger partial charge in [0.2, 0.25) is 0 Å². The summed E-state index contributed by atoms with van der Waals surface area (Å²) in [5.74, 6) is -0.833. The molecular weight excluding hydrogens is 268 g/mol. The van der Waals surface area contributed by atoms with Gasteiger partial charge in [-0.05, 0) is 13.3 Å². The first-order valence-electron chi connectivity index (χ1n) is 7.90. The molecule has 0 amide bonds. The Bertz CT molecular complexity index is 254. The van der Waals surface area contributed by atoms with Crippen molar-refractivity contribution in [3.05, 3.63) is 12.4 Å². The zero-order valence-corrected chi connectivity index (χ0v) is 14.2. The average molecular weight is 302 g/mol. The van der Waals surface area contributed by atoms with E-state index in [2.05, 4.69) is 36.2 Å². The van der Waals surface area contributed by atoms with E-state index in [1.165, 1.54) is 45.1 Å². The molecule has 1 heterocycles. The number of aliphatic carboxylic acids is 1. The van der Waals surface area contributed by atoms with E-state index in [1.54, 1.807) is 6.92 Å². The van der Waals surface area contributed by atoms with Crippen molar-refractivity contribution in [3.63, 3.8) is 0 Å². The molecule has 0 aromatic heterocycles. The van der Waals surface area contributed by atoms with E-state index < -0.39 is 5.97 Å². The van der Waals surface area contributed by atoms with E-state index in [-0.39, 0.29) is 6.61 Å². The Hall–Kier alpha value is -1.23. The lowest BCUT2D eigenvalue weighted by molar-refractivity contribution is -0.134. The smallest absolute Gasteiger partial charge is 0.300 e. The van der Waals surface area contributed by atoms with Crippen LogP contribution in [0.25, 0.3) is 0 Å². The molecular formula is C16H34N2O3. The molecule has 0 aromatic carbocycles.